The van der Waals surface area contributed by atoms with Crippen LogP contribution in [0.25, 0.3) is 0 Å². The van der Waals surface area contributed by atoms with Gasteiger partial charge in [-0.2, -0.15) is 0 Å². The zero-order valence-electron chi connectivity index (χ0n) is 8.06. The molecule has 0 saturated heterocycles. The molecule has 0 heterocycles. The van der Waals surface area contributed by atoms with E-state index < -0.39 is 0 Å². The highest BCUT2D eigenvalue weighted by Crippen LogP contribution is 2.10. The predicted molar refractivity (Wildman–Crippen MR) is 50.3 cm³/mol. The molecule has 1 nitrogen and oxygen atoms in total. The van der Waals surface area contributed by atoms with Crippen LogP contribution in [-0.2, 0) is 0 Å². The van der Waals surface area contributed by atoms with Gasteiger partial charge in [0.2, 0.25) is 0 Å². The summed E-state index contributed by atoms with van der Waals surface area (Å²) in [6.07, 6.45) is 2.19. The monoisotopic (exact) mass is 289 g/mol. The topological polar surface area (TPSA) is 0 Å². The number of hydrogen-bond acceptors (Lipinski definition) is 1. The zero-order valence-corrected chi connectivity index (χ0v) is 11.0. The van der Waals surface area contributed by atoms with Gasteiger partial charge in [-0.25, -0.2) is 0 Å². The first-order chi connectivity index (χ1) is 4.74. The maximum Gasteiger partial charge on any atom is 0.125 e. The van der Waals surface area contributed by atoms with Crippen LogP contribution in [0.15, 0.2) is 0 Å². The molecule has 0 aliphatic rings. The Morgan fingerprint density at radius 2 is 1.36 bits per heavy atom. The number of rotatable bonds is 5. The second-order valence-corrected chi connectivity index (χ2v) is 3.54. The third kappa shape index (κ3) is 4.58. The Hall–Kier alpha value is 1.04. The van der Waals surface area contributed by atoms with E-state index in [0.717, 1.165) is 0 Å². The molecule has 0 saturated carbocycles. The van der Waals surface area contributed by atoms with E-state index in [1.807, 2.05) is 11.8 Å². The maximum absolute atomic E-state index is 2.28. The summed E-state index contributed by atoms with van der Waals surface area (Å²) in [5, 5.41) is 0. The average molecular weight is 289 g/mol. The van der Waals surface area contributed by atoms with Crippen LogP contribution in [0.5, 0.6) is 0 Å². The molecule has 0 aromatic carbocycles. The standard InChI is InChI=1S/C8H20NS.HI/c1-5-9(6-2,7-3)8-10-4;/h5-8H2,1-4H3;1H/q+1;/p-1. The van der Waals surface area contributed by atoms with Crippen LogP contribution in [0.4, 0.5) is 0 Å². The molecule has 0 rings (SSSR count). The van der Waals surface area contributed by atoms with E-state index in [0.29, 0.717) is 0 Å². The van der Waals surface area contributed by atoms with Crippen molar-refractivity contribution in [2.45, 2.75) is 20.8 Å². The fourth-order valence-corrected chi connectivity index (χ4v) is 2.31. The van der Waals surface area contributed by atoms with Crippen LogP contribution in [0, 0.1) is 0 Å². The summed E-state index contributed by atoms with van der Waals surface area (Å²) in [5.74, 6) is 1.27. The van der Waals surface area contributed by atoms with Crippen molar-refractivity contribution in [1.29, 1.82) is 0 Å². The number of halogens is 1. The molecule has 0 fully saturated rings. The van der Waals surface area contributed by atoms with Crippen LogP contribution < -0.4 is 24.0 Å². The van der Waals surface area contributed by atoms with Gasteiger partial charge < -0.3 is 28.5 Å². The third-order valence-corrected chi connectivity index (χ3v) is 3.22. The highest BCUT2D eigenvalue weighted by Gasteiger charge is 2.18. The van der Waals surface area contributed by atoms with E-state index in [-0.39, 0.29) is 24.0 Å². The van der Waals surface area contributed by atoms with Crippen LogP contribution in [0.2, 0.25) is 0 Å². The van der Waals surface area contributed by atoms with E-state index >= 15 is 0 Å². The van der Waals surface area contributed by atoms with Crippen molar-refractivity contribution in [2.75, 3.05) is 31.8 Å². The van der Waals surface area contributed by atoms with Gasteiger partial charge in [0.1, 0.15) is 5.88 Å². The summed E-state index contributed by atoms with van der Waals surface area (Å²) in [7, 11) is 0. The fraction of sp³-hybridized carbons (Fsp3) is 1.00. The largest absolute Gasteiger partial charge is 1.00 e. The van der Waals surface area contributed by atoms with Crippen molar-refractivity contribution < 1.29 is 28.5 Å². The maximum atomic E-state index is 2.28. The summed E-state index contributed by atoms with van der Waals surface area (Å²) >= 11 is 1.95. The Balaban J connectivity index is 0. The zero-order chi connectivity index (χ0) is 8.04. The number of nitrogens with zero attached hydrogens (tertiary/aromatic N) is 1. The lowest BCUT2D eigenvalue weighted by Crippen LogP contribution is -3.00. The Morgan fingerprint density at radius 3 is 1.45 bits per heavy atom. The van der Waals surface area contributed by atoms with Gasteiger partial charge in [-0.3, -0.25) is 0 Å². The van der Waals surface area contributed by atoms with E-state index in [9.17, 15) is 0 Å². The SMILES string of the molecule is CC[N+](CC)(CC)CSC.[I-]. The van der Waals surface area contributed by atoms with Gasteiger partial charge in [0.05, 0.1) is 19.6 Å². The first kappa shape index (κ1) is 14.6. The highest BCUT2D eigenvalue weighted by atomic mass is 127. The lowest BCUT2D eigenvalue weighted by Gasteiger charge is -2.34. The second-order valence-electron chi connectivity index (χ2n) is 2.71. The molecule has 0 atom stereocenters. The van der Waals surface area contributed by atoms with Gasteiger partial charge in [-0.1, -0.05) is 0 Å². The van der Waals surface area contributed by atoms with E-state index in [1.165, 1.54) is 30.0 Å². The number of thioether (sulfide) groups is 1. The molecule has 0 radical (unpaired) electrons. The average Bonchev–Trinajstić information content (AvgIpc) is 2.01. The molecule has 0 aliphatic heterocycles. The molecule has 70 valence electrons. The lowest BCUT2D eigenvalue weighted by molar-refractivity contribution is -0.911. The van der Waals surface area contributed by atoms with Gasteiger partial charge in [0.15, 0.2) is 0 Å². The minimum absolute atomic E-state index is 0. The highest BCUT2D eigenvalue weighted by molar-refractivity contribution is 7.98. The number of hydrogen-bond donors (Lipinski definition) is 0. The molecular weight excluding hydrogens is 269 g/mol. The van der Waals surface area contributed by atoms with Crippen molar-refractivity contribution in [3.05, 3.63) is 0 Å². The molecule has 0 aliphatic carbocycles. The Labute approximate surface area is 92.5 Å². The first-order valence-electron chi connectivity index (χ1n) is 4.08. The van der Waals surface area contributed by atoms with Crippen LogP contribution in [0.3, 0.4) is 0 Å². The molecule has 0 bridgehead atoms. The van der Waals surface area contributed by atoms with E-state index in [1.54, 1.807) is 0 Å². The summed E-state index contributed by atoms with van der Waals surface area (Å²) in [6, 6.07) is 0. The summed E-state index contributed by atoms with van der Waals surface area (Å²) in [4.78, 5) is 0. The Bertz CT molecular complexity index is 75.9. The van der Waals surface area contributed by atoms with Crippen molar-refractivity contribution in [1.82, 2.24) is 0 Å². The number of quaternary nitrogens is 1. The molecular formula is C8H20INS. The molecule has 11 heavy (non-hydrogen) atoms. The lowest BCUT2D eigenvalue weighted by atomic mass is 10.4. The van der Waals surface area contributed by atoms with Crippen LogP contribution in [-0.4, -0.2) is 36.2 Å². The molecule has 0 amide bonds. The normalized spacial score (nSPS) is 10.9. The van der Waals surface area contributed by atoms with E-state index in [4.69, 9.17) is 0 Å². The van der Waals surface area contributed by atoms with Gasteiger partial charge in [0, 0.05) is 0 Å². The van der Waals surface area contributed by atoms with Crippen molar-refractivity contribution in [2.24, 2.45) is 0 Å². The molecule has 0 N–H and O–H groups in total. The third-order valence-electron chi connectivity index (χ3n) is 2.42. The van der Waals surface area contributed by atoms with Gasteiger partial charge in [0.25, 0.3) is 0 Å². The molecule has 0 aromatic heterocycles. The molecule has 0 aromatic rings. The summed E-state index contributed by atoms with van der Waals surface area (Å²) in [5.41, 5.74) is 0. The fourth-order valence-electron chi connectivity index (χ4n) is 1.22. The van der Waals surface area contributed by atoms with Gasteiger partial charge in [-0.15, -0.1) is 11.8 Å². The van der Waals surface area contributed by atoms with Crippen LogP contribution in [0.1, 0.15) is 20.8 Å². The summed E-state index contributed by atoms with van der Waals surface area (Å²) < 4.78 is 1.27. The van der Waals surface area contributed by atoms with Crippen molar-refractivity contribution in [3.8, 4) is 0 Å². The predicted octanol–water partition coefficient (Wildman–Crippen LogP) is -0.813. The molecule has 3 heteroatoms. The minimum Gasteiger partial charge on any atom is -1.00 e. The van der Waals surface area contributed by atoms with Crippen LogP contribution >= 0.6 is 11.8 Å². The minimum atomic E-state index is 0. The van der Waals surface area contributed by atoms with E-state index in [2.05, 4.69) is 27.0 Å². The quantitative estimate of drug-likeness (QED) is 0.362. The summed E-state index contributed by atoms with van der Waals surface area (Å²) in [6.45, 7) is 10.7. The van der Waals surface area contributed by atoms with Gasteiger partial charge in [-0.05, 0) is 27.0 Å². The van der Waals surface area contributed by atoms with Crippen molar-refractivity contribution >= 4 is 11.8 Å². The molecule has 0 spiro atoms. The Morgan fingerprint density at radius 1 is 1.00 bits per heavy atom. The smallest absolute Gasteiger partial charge is 0.125 e. The second kappa shape index (κ2) is 7.68. The first-order valence-corrected chi connectivity index (χ1v) is 5.48. The molecule has 0 unspecified atom stereocenters. The Kier molecular flexibility index (Phi) is 10.2. The van der Waals surface area contributed by atoms with Crippen molar-refractivity contribution in [3.63, 3.8) is 0 Å². The van der Waals surface area contributed by atoms with Gasteiger partial charge >= 0.3 is 0 Å².